The number of carbonyl (C=O) groups is 1. The summed E-state index contributed by atoms with van der Waals surface area (Å²) in [6.45, 7) is 4.12. The third-order valence-corrected chi connectivity index (χ3v) is 6.20. The van der Waals surface area contributed by atoms with E-state index in [0.29, 0.717) is 5.13 Å². The maximum Gasteiger partial charge on any atom is 0.236 e. The highest BCUT2D eigenvalue weighted by Gasteiger charge is 2.11. The molecule has 9 heteroatoms. The Morgan fingerprint density at radius 1 is 1.24 bits per heavy atom. The molecule has 1 aromatic carbocycles. The fraction of sp³-hybridized carbons (Fsp3) is 0.250. The highest BCUT2D eigenvalue weighted by atomic mass is 32.2. The number of nitrogens with one attached hydrogen (secondary N) is 2. The molecule has 130 valence electrons. The Morgan fingerprint density at radius 2 is 2.08 bits per heavy atom. The molecule has 0 spiro atoms. The Hall–Kier alpha value is -1.97. The van der Waals surface area contributed by atoms with Crippen LogP contribution in [0.4, 0.5) is 10.3 Å². The Kier molecular flexibility index (Phi) is 5.67. The summed E-state index contributed by atoms with van der Waals surface area (Å²) in [5.41, 5.74) is 4.34. The van der Waals surface area contributed by atoms with Gasteiger partial charge in [-0.2, -0.15) is 0 Å². The van der Waals surface area contributed by atoms with Gasteiger partial charge in [0.2, 0.25) is 11.0 Å². The molecule has 0 saturated carbocycles. The van der Waals surface area contributed by atoms with Crippen LogP contribution in [0.1, 0.15) is 11.1 Å². The molecule has 6 nitrogen and oxygen atoms in total. The average molecular weight is 392 g/mol. The molecule has 0 fully saturated rings. The second-order valence-electron chi connectivity index (χ2n) is 5.32. The molecule has 0 atom stereocenters. The van der Waals surface area contributed by atoms with Crippen molar-refractivity contribution in [2.45, 2.75) is 18.2 Å². The molecule has 25 heavy (non-hydrogen) atoms. The molecule has 0 unspecified atom stereocenters. The van der Waals surface area contributed by atoms with Gasteiger partial charge in [0.1, 0.15) is 0 Å². The number of aryl methyl sites for hydroxylation is 2. The van der Waals surface area contributed by atoms with Gasteiger partial charge in [0, 0.05) is 18.0 Å². The molecule has 0 radical (unpaired) electrons. The number of thioether (sulfide) groups is 1. The fourth-order valence-corrected chi connectivity index (χ4v) is 4.35. The van der Waals surface area contributed by atoms with Crippen LogP contribution in [0.5, 0.6) is 0 Å². The van der Waals surface area contributed by atoms with E-state index in [1.807, 2.05) is 5.38 Å². The van der Waals surface area contributed by atoms with Crippen molar-refractivity contribution < 1.29 is 4.79 Å². The molecule has 0 saturated heterocycles. The lowest BCUT2D eigenvalue weighted by Crippen LogP contribution is -2.13. The van der Waals surface area contributed by atoms with E-state index in [4.69, 9.17) is 0 Å². The number of hydrogen-bond acceptors (Lipinski definition) is 8. The van der Waals surface area contributed by atoms with Gasteiger partial charge in [-0.15, -0.1) is 21.5 Å². The summed E-state index contributed by atoms with van der Waals surface area (Å²) in [6.07, 6.45) is 0. The Morgan fingerprint density at radius 3 is 2.84 bits per heavy atom. The molecule has 1 amide bonds. The minimum absolute atomic E-state index is 0.104. The van der Waals surface area contributed by atoms with Crippen LogP contribution in [0.2, 0.25) is 0 Å². The van der Waals surface area contributed by atoms with Gasteiger partial charge in [-0.3, -0.25) is 4.79 Å². The van der Waals surface area contributed by atoms with Gasteiger partial charge in [-0.05, 0) is 25.5 Å². The number of benzene rings is 1. The molecule has 0 aliphatic carbocycles. The van der Waals surface area contributed by atoms with E-state index < -0.39 is 0 Å². The first-order chi connectivity index (χ1) is 12.0. The first-order valence-electron chi connectivity index (χ1n) is 7.52. The summed E-state index contributed by atoms with van der Waals surface area (Å²) in [4.78, 5) is 16.6. The Bertz CT molecular complexity index is 890. The van der Waals surface area contributed by atoms with E-state index in [1.165, 1.54) is 45.6 Å². The molecule has 3 rings (SSSR count). The number of thiazole rings is 1. The van der Waals surface area contributed by atoms with E-state index in [1.54, 1.807) is 7.05 Å². The molecule has 2 aromatic heterocycles. The number of rotatable bonds is 6. The first kappa shape index (κ1) is 17.8. The van der Waals surface area contributed by atoms with Crippen LogP contribution in [0.15, 0.2) is 27.9 Å². The molecule has 2 N–H and O–H groups in total. The zero-order valence-corrected chi connectivity index (χ0v) is 16.4. The van der Waals surface area contributed by atoms with Crippen LogP contribution in [0, 0.1) is 13.8 Å². The fourth-order valence-electron chi connectivity index (χ4n) is 2.12. The van der Waals surface area contributed by atoms with Crippen LogP contribution >= 0.6 is 34.4 Å². The lowest BCUT2D eigenvalue weighted by molar-refractivity contribution is -0.113. The largest absolute Gasteiger partial charge is 0.363 e. The van der Waals surface area contributed by atoms with Crippen molar-refractivity contribution in [2.75, 3.05) is 23.4 Å². The monoisotopic (exact) mass is 391 g/mol. The SMILES string of the molecule is CNc1nnc(SCC(=O)Nc2nc(-c3cc(C)ccc3C)cs2)s1. The second-order valence-corrected chi connectivity index (χ2v) is 8.37. The number of anilines is 2. The predicted octanol–water partition coefficient (Wildman–Crippen LogP) is 4.05. The van der Waals surface area contributed by atoms with Gasteiger partial charge in [-0.25, -0.2) is 4.98 Å². The standard InChI is InChI=1S/C16H17N5OS3/c1-9-4-5-10(2)11(6-9)12-7-23-15(18-12)19-13(22)8-24-16-21-20-14(17-3)25-16/h4-7H,8H2,1-3H3,(H,17,20)(H,18,19,22). The molecular weight excluding hydrogens is 374 g/mol. The van der Waals surface area contributed by atoms with Crippen LogP contribution in [-0.4, -0.2) is 33.9 Å². The van der Waals surface area contributed by atoms with E-state index in [2.05, 4.69) is 57.9 Å². The highest BCUT2D eigenvalue weighted by molar-refractivity contribution is 8.01. The van der Waals surface area contributed by atoms with Gasteiger partial charge in [0.05, 0.1) is 11.4 Å². The predicted molar refractivity (Wildman–Crippen MR) is 106 cm³/mol. The van der Waals surface area contributed by atoms with E-state index in [0.717, 1.165) is 20.7 Å². The van der Waals surface area contributed by atoms with Crippen LogP contribution < -0.4 is 10.6 Å². The van der Waals surface area contributed by atoms with Crippen molar-refractivity contribution >= 4 is 50.6 Å². The van der Waals surface area contributed by atoms with E-state index in [-0.39, 0.29) is 11.7 Å². The molecular formula is C16H17N5OS3. The molecule has 0 aliphatic rings. The van der Waals surface area contributed by atoms with Gasteiger partial charge >= 0.3 is 0 Å². The smallest absolute Gasteiger partial charge is 0.236 e. The topological polar surface area (TPSA) is 79.8 Å². The van der Waals surface area contributed by atoms with Crippen molar-refractivity contribution in [1.82, 2.24) is 15.2 Å². The van der Waals surface area contributed by atoms with Crippen LogP contribution in [0.3, 0.4) is 0 Å². The molecule has 0 aliphatic heterocycles. The molecule has 0 bridgehead atoms. The molecule has 3 aromatic rings. The van der Waals surface area contributed by atoms with Gasteiger partial charge in [0.25, 0.3) is 0 Å². The number of nitrogens with zero attached hydrogens (tertiary/aromatic N) is 3. The Labute approximate surface area is 158 Å². The van der Waals surface area contributed by atoms with Crippen LogP contribution in [0.25, 0.3) is 11.3 Å². The lowest BCUT2D eigenvalue weighted by atomic mass is 10.0. The third-order valence-electron chi connectivity index (χ3n) is 3.37. The number of carbonyl (C=O) groups excluding carboxylic acids is 1. The van der Waals surface area contributed by atoms with Crippen LogP contribution in [-0.2, 0) is 4.79 Å². The number of hydrogen-bond donors (Lipinski definition) is 2. The summed E-state index contributed by atoms with van der Waals surface area (Å²) in [5, 5.41) is 17.0. The van der Waals surface area contributed by atoms with Gasteiger partial charge < -0.3 is 10.6 Å². The van der Waals surface area contributed by atoms with E-state index >= 15 is 0 Å². The normalized spacial score (nSPS) is 10.7. The molecule has 2 heterocycles. The maximum absolute atomic E-state index is 12.1. The number of aromatic nitrogens is 3. The third kappa shape index (κ3) is 4.56. The van der Waals surface area contributed by atoms with Crippen molar-refractivity contribution in [3.8, 4) is 11.3 Å². The first-order valence-corrected chi connectivity index (χ1v) is 10.2. The van der Waals surface area contributed by atoms with E-state index in [9.17, 15) is 4.79 Å². The van der Waals surface area contributed by atoms with Crippen molar-refractivity contribution in [1.29, 1.82) is 0 Å². The highest BCUT2D eigenvalue weighted by Crippen LogP contribution is 2.29. The minimum Gasteiger partial charge on any atom is -0.363 e. The van der Waals surface area contributed by atoms with Crippen molar-refractivity contribution in [2.24, 2.45) is 0 Å². The zero-order chi connectivity index (χ0) is 17.8. The summed E-state index contributed by atoms with van der Waals surface area (Å²) in [6, 6.07) is 6.28. The summed E-state index contributed by atoms with van der Waals surface area (Å²) >= 11 is 4.21. The van der Waals surface area contributed by atoms with Gasteiger partial charge in [0.15, 0.2) is 9.47 Å². The average Bonchev–Trinajstić information content (AvgIpc) is 3.24. The van der Waals surface area contributed by atoms with Crippen molar-refractivity contribution in [3.05, 3.63) is 34.7 Å². The second kappa shape index (κ2) is 7.94. The quantitative estimate of drug-likeness (QED) is 0.617. The lowest BCUT2D eigenvalue weighted by Gasteiger charge is -2.04. The summed E-state index contributed by atoms with van der Waals surface area (Å²) in [5.74, 6) is 0.171. The van der Waals surface area contributed by atoms with Gasteiger partial charge in [-0.1, -0.05) is 40.8 Å². The number of amides is 1. The maximum atomic E-state index is 12.1. The zero-order valence-electron chi connectivity index (χ0n) is 14.0. The Balaban J connectivity index is 1.61. The van der Waals surface area contributed by atoms with Crippen molar-refractivity contribution in [3.63, 3.8) is 0 Å². The summed E-state index contributed by atoms with van der Waals surface area (Å²) in [7, 11) is 1.79. The summed E-state index contributed by atoms with van der Waals surface area (Å²) < 4.78 is 0.759. The minimum atomic E-state index is -0.104.